The van der Waals surface area contributed by atoms with E-state index in [-0.39, 0.29) is 6.09 Å². The number of hydrogen-bond acceptors (Lipinski definition) is 5. The van der Waals surface area contributed by atoms with Crippen LogP contribution in [0.1, 0.15) is 31.2 Å². The number of aromatic nitrogens is 5. The third-order valence-corrected chi connectivity index (χ3v) is 3.87. The average Bonchev–Trinajstić information content (AvgIpc) is 3.16. The topological polar surface area (TPSA) is 78.1 Å². The van der Waals surface area contributed by atoms with E-state index in [1.54, 1.807) is 9.58 Å². The predicted octanol–water partition coefficient (Wildman–Crippen LogP) is 1.47. The molecule has 22 heavy (non-hydrogen) atoms. The molecule has 8 nitrogen and oxygen atoms in total. The monoisotopic (exact) mass is 304 g/mol. The van der Waals surface area contributed by atoms with Crippen LogP contribution in [-0.4, -0.2) is 41.9 Å². The summed E-state index contributed by atoms with van der Waals surface area (Å²) in [6.45, 7) is 3.53. The minimum Gasteiger partial charge on any atom is -0.449 e. The minimum atomic E-state index is -0.272. The maximum atomic E-state index is 12.0. The first kappa shape index (κ1) is 14.6. The van der Waals surface area contributed by atoms with Crippen LogP contribution in [0.2, 0.25) is 0 Å². The van der Waals surface area contributed by atoms with E-state index in [1.807, 2.05) is 18.7 Å². The smallest absolute Gasteiger partial charge is 0.410 e. The van der Waals surface area contributed by atoms with Crippen molar-refractivity contribution in [3.8, 4) is 11.6 Å². The Morgan fingerprint density at radius 2 is 2.14 bits per heavy atom. The van der Waals surface area contributed by atoms with Gasteiger partial charge in [-0.15, -0.1) is 0 Å². The number of ether oxygens (including phenoxy) is 1. The second-order valence-electron chi connectivity index (χ2n) is 5.42. The van der Waals surface area contributed by atoms with Crippen LogP contribution in [0.3, 0.4) is 0 Å². The largest absolute Gasteiger partial charge is 0.449 e. The Balaban J connectivity index is 1.73. The first-order valence-electron chi connectivity index (χ1n) is 7.42. The van der Waals surface area contributed by atoms with E-state index in [0.717, 1.165) is 30.1 Å². The lowest BCUT2D eigenvalue weighted by Crippen LogP contribution is -2.27. The number of hydrogen-bond donors (Lipinski definition) is 0. The predicted molar refractivity (Wildman–Crippen MR) is 78.7 cm³/mol. The Kier molecular flexibility index (Phi) is 3.82. The van der Waals surface area contributed by atoms with Crippen molar-refractivity contribution in [1.82, 2.24) is 29.2 Å². The van der Waals surface area contributed by atoms with Crippen molar-refractivity contribution >= 4 is 6.09 Å². The summed E-state index contributed by atoms with van der Waals surface area (Å²) in [6, 6.07) is 0. The number of imidazole rings is 1. The normalized spacial score (nSPS) is 13.5. The van der Waals surface area contributed by atoms with Gasteiger partial charge >= 0.3 is 6.09 Å². The van der Waals surface area contributed by atoms with Crippen LogP contribution in [0.15, 0.2) is 6.33 Å². The van der Waals surface area contributed by atoms with Crippen molar-refractivity contribution in [2.75, 3.05) is 6.61 Å². The first-order chi connectivity index (χ1) is 10.6. The number of carbonyl (C=O) groups is 1. The van der Waals surface area contributed by atoms with E-state index in [4.69, 9.17) is 4.74 Å². The van der Waals surface area contributed by atoms with Crippen LogP contribution in [-0.2, 0) is 31.9 Å². The summed E-state index contributed by atoms with van der Waals surface area (Å²) in [7, 11) is 3.77. The van der Waals surface area contributed by atoms with Crippen LogP contribution in [0, 0.1) is 0 Å². The summed E-state index contributed by atoms with van der Waals surface area (Å²) < 4.78 is 8.91. The number of aryl methyl sites for hydroxylation is 1. The fourth-order valence-corrected chi connectivity index (χ4v) is 2.55. The second-order valence-corrected chi connectivity index (χ2v) is 5.42. The minimum absolute atomic E-state index is 0.272. The van der Waals surface area contributed by atoms with Crippen LogP contribution in [0.4, 0.5) is 4.79 Å². The first-order valence-corrected chi connectivity index (χ1v) is 7.42. The number of nitrogens with zero attached hydrogens (tertiary/aromatic N) is 6. The fourth-order valence-electron chi connectivity index (χ4n) is 2.55. The van der Waals surface area contributed by atoms with Crippen LogP contribution in [0.25, 0.3) is 11.6 Å². The third kappa shape index (κ3) is 2.44. The van der Waals surface area contributed by atoms with E-state index in [0.29, 0.717) is 25.5 Å². The zero-order valence-electron chi connectivity index (χ0n) is 13.1. The van der Waals surface area contributed by atoms with E-state index >= 15 is 0 Å². The van der Waals surface area contributed by atoms with Crippen molar-refractivity contribution < 1.29 is 9.53 Å². The van der Waals surface area contributed by atoms with Crippen LogP contribution in [0.5, 0.6) is 0 Å². The molecule has 0 saturated carbocycles. The Hall–Kier alpha value is -2.38. The van der Waals surface area contributed by atoms with Gasteiger partial charge in [0.05, 0.1) is 31.1 Å². The molecule has 118 valence electrons. The highest BCUT2D eigenvalue weighted by molar-refractivity contribution is 5.68. The van der Waals surface area contributed by atoms with Crippen molar-refractivity contribution in [2.45, 2.75) is 32.9 Å². The highest BCUT2D eigenvalue weighted by Gasteiger charge is 2.30. The molecule has 0 saturated heterocycles. The highest BCUT2D eigenvalue weighted by atomic mass is 16.6. The zero-order valence-corrected chi connectivity index (χ0v) is 13.1. The Labute approximate surface area is 128 Å². The van der Waals surface area contributed by atoms with Crippen LogP contribution >= 0.6 is 0 Å². The van der Waals surface area contributed by atoms with Gasteiger partial charge < -0.3 is 9.30 Å². The second kappa shape index (κ2) is 5.78. The Morgan fingerprint density at radius 1 is 1.32 bits per heavy atom. The molecule has 1 aliphatic heterocycles. The molecule has 0 fully saturated rings. The molecule has 0 bridgehead atoms. The van der Waals surface area contributed by atoms with Gasteiger partial charge in [-0.25, -0.2) is 19.4 Å². The molecule has 0 atom stereocenters. The quantitative estimate of drug-likeness (QED) is 0.799. The third-order valence-electron chi connectivity index (χ3n) is 3.87. The number of fused-ring (bicyclic) bond motifs is 1. The van der Waals surface area contributed by atoms with Gasteiger partial charge in [0.25, 0.3) is 0 Å². The summed E-state index contributed by atoms with van der Waals surface area (Å²) in [4.78, 5) is 22.5. The van der Waals surface area contributed by atoms with Gasteiger partial charge in [0.2, 0.25) is 0 Å². The van der Waals surface area contributed by atoms with Gasteiger partial charge in [0, 0.05) is 14.1 Å². The SMILES string of the molecule is CCCCOC(=O)N1Cc2nc(-c3ncnn3C)n(C)c2C1. The summed E-state index contributed by atoms with van der Waals surface area (Å²) in [5.41, 5.74) is 1.92. The summed E-state index contributed by atoms with van der Waals surface area (Å²) in [5.74, 6) is 1.48. The number of amides is 1. The maximum absolute atomic E-state index is 12.0. The van der Waals surface area contributed by atoms with Crippen molar-refractivity contribution in [2.24, 2.45) is 14.1 Å². The number of carbonyl (C=O) groups excluding carboxylic acids is 1. The van der Waals surface area contributed by atoms with E-state index in [1.165, 1.54) is 6.33 Å². The van der Waals surface area contributed by atoms with Crippen molar-refractivity contribution in [3.63, 3.8) is 0 Å². The summed E-state index contributed by atoms with van der Waals surface area (Å²) in [5, 5.41) is 4.07. The molecule has 0 radical (unpaired) electrons. The molecule has 1 amide bonds. The Morgan fingerprint density at radius 3 is 2.77 bits per heavy atom. The average molecular weight is 304 g/mol. The molecule has 0 aliphatic carbocycles. The van der Waals surface area contributed by atoms with Gasteiger partial charge in [-0.1, -0.05) is 13.3 Å². The Bertz CT molecular complexity index is 690. The molecule has 2 aromatic heterocycles. The zero-order chi connectivity index (χ0) is 15.7. The summed E-state index contributed by atoms with van der Waals surface area (Å²) >= 11 is 0. The molecule has 3 rings (SSSR count). The van der Waals surface area contributed by atoms with Gasteiger partial charge in [0.15, 0.2) is 11.6 Å². The molecule has 0 N–H and O–H groups in total. The van der Waals surface area contributed by atoms with Crippen molar-refractivity contribution in [1.29, 1.82) is 0 Å². The molecule has 0 unspecified atom stereocenters. The molecular weight excluding hydrogens is 284 g/mol. The lowest BCUT2D eigenvalue weighted by atomic mass is 10.4. The van der Waals surface area contributed by atoms with Gasteiger partial charge in [-0.05, 0) is 6.42 Å². The van der Waals surface area contributed by atoms with E-state index < -0.39 is 0 Å². The van der Waals surface area contributed by atoms with E-state index in [9.17, 15) is 4.79 Å². The molecule has 2 aromatic rings. The van der Waals surface area contributed by atoms with Crippen LogP contribution < -0.4 is 0 Å². The number of rotatable bonds is 4. The van der Waals surface area contributed by atoms with Crippen molar-refractivity contribution in [3.05, 3.63) is 17.7 Å². The molecule has 3 heterocycles. The molecular formula is C14H20N6O2. The standard InChI is InChI=1S/C14H20N6O2/c1-4-5-6-22-14(21)20-7-10-11(8-20)18(2)13(17-10)12-15-9-16-19(12)3/h9H,4-8H2,1-3H3. The van der Waals surface area contributed by atoms with Gasteiger partial charge in [-0.3, -0.25) is 4.90 Å². The molecule has 0 aromatic carbocycles. The number of unbranched alkanes of at least 4 members (excludes halogenated alkanes) is 1. The maximum Gasteiger partial charge on any atom is 0.410 e. The lowest BCUT2D eigenvalue weighted by Gasteiger charge is -2.16. The molecule has 0 spiro atoms. The van der Waals surface area contributed by atoms with Gasteiger partial charge in [0.1, 0.15) is 6.33 Å². The molecule has 8 heteroatoms. The molecule has 1 aliphatic rings. The fraction of sp³-hybridized carbons (Fsp3) is 0.571. The summed E-state index contributed by atoms with van der Waals surface area (Å²) in [6.07, 6.45) is 3.13. The highest BCUT2D eigenvalue weighted by Crippen LogP contribution is 2.27. The lowest BCUT2D eigenvalue weighted by molar-refractivity contribution is 0.0996. The van der Waals surface area contributed by atoms with Gasteiger partial charge in [-0.2, -0.15) is 5.10 Å². The van der Waals surface area contributed by atoms with E-state index in [2.05, 4.69) is 22.0 Å².